The predicted octanol–water partition coefficient (Wildman–Crippen LogP) is 1.07. The molecule has 0 aliphatic carbocycles. The molecule has 1 rings (SSSR count). The molecule has 0 aliphatic heterocycles. The standard InChI is InChI=1S/C17H33N7O2.HI/c1-6-24(7-2)16(25)9-11-19-17(18-10-8-12-26-5)20-13-15-22-21-14(3)23(15)4;/h6-13H2,1-5H3,(H2,18,19,20);1H. The van der Waals surface area contributed by atoms with E-state index in [1.807, 2.05) is 37.3 Å². The van der Waals surface area contributed by atoms with Crippen LogP contribution in [0.25, 0.3) is 0 Å². The average Bonchev–Trinajstić information content (AvgIpc) is 2.95. The number of nitrogens with zero attached hydrogens (tertiary/aromatic N) is 5. The van der Waals surface area contributed by atoms with Gasteiger partial charge in [-0.3, -0.25) is 4.79 Å². The molecule has 0 saturated carbocycles. The van der Waals surface area contributed by atoms with Crippen LogP contribution < -0.4 is 10.6 Å². The third-order valence-electron chi connectivity index (χ3n) is 4.13. The molecule has 0 spiro atoms. The average molecular weight is 495 g/mol. The Morgan fingerprint density at radius 2 is 1.89 bits per heavy atom. The fourth-order valence-corrected chi connectivity index (χ4v) is 2.36. The van der Waals surface area contributed by atoms with Crippen LogP contribution >= 0.6 is 24.0 Å². The number of halogens is 1. The highest BCUT2D eigenvalue weighted by molar-refractivity contribution is 14.0. The second-order valence-corrected chi connectivity index (χ2v) is 5.90. The van der Waals surface area contributed by atoms with E-state index in [1.54, 1.807) is 7.11 Å². The summed E-state index contributed by atoms with van der Waals surface area (Å²) in [6.45, 7) is 9.72. The molecule has 9 nitrogen and oxygen atoms in total. The summed E-state index contributed by atoms with van der Waals surface area (Å²) < 4.78 is 6.98. The molecule has 0 fully saturated rings. The highest BCUT2D eigenvalue weighted by Crippen LogP contribution is 1.99. The van der Waals surface area contributed by atoms with Crippen LogP contribution in [0.5, 0.6) is 0 Å². The molecular weight excluding hydrogens is 461 g/mol. The van der Waals surface area contributed by atoms with Crippen molar-refractivity contribution in [3.8, 4) is 0 Å². The number of rotatable bonds is 11. The monoisotopic (exact) mass is 495 g/mol. The highest BCUT2D eigenvalue weighted by Gasteiger charge is 2.10. The maximum atomic E-state index is 12.1. The second-order valence-electron chi connectivity index (χ2n) is 5.90. The number of amides is 1. The van der Waals surface area contributed by atoms with Gasteiger partial charge in [0.2, 0.25) is 5.91 Å². The van der Waals surface area contributed by atoms with Gasteiger partial charge in [0.25, 0.3) is 0 Å². The molecule has 10 heteroatoms. The van der Waals surface area contributed by atoms with Gasteiger partial charge in [0.1, 0.15) is 12.4 Å². The Balaban J connectivity index is 0.00000676. The Morgan fingerprint density at radius 3 is 2.44 bits per heavy atom. The van der Waals surface area contributed by atoms with E-state index in [4.69, 9.17) is 4.74 Å². The molecule has 0 unspecified atom stereocenters. The summed E-state index contributed by atoms with van der Waals surface area (Å²) in [5, 5.41) is 14.6. The molecule has 0 aliphatic rings. The number of ether oxygens (including phenoxy) is 1. The smallest absolute Gasteiger partial charge is 0.224 e. The fraction of sp³-hybridized carbons (Fsp3) is 0.765. The van der Waals surface area contributed by atoms with Gasteiger partial charge in [-0.15, -0.1) is 34.2 Å². The zero-order valence-corrected chi connectivity index (χ0v) is 19.4. The number of aryl methyl sites for hydroxylation is 1. The summed E-state index contributed by atoms with van der Waals surface area (Å²) in [5.41, 5.74) is 0. The lowest BCUT2D eigenvalue weighted by molar-refractivity contribution is -0.130. The number of carbonyl (C=O) groups is 1. The predicted molar refractivity (Wildman–Crippen MR) is 117 cm³/mol. The number of aliphatic imine (C=N–C) groups is 1. The minimum absolute atomic E-state index is 0. The molecule has 0 aromatic carbocycles. The minimum atomic E-state index is 0. The van der Waals surface area contributed by atoms with E-state index in [0.717, 1.165) is 37.7 Å². The zero-order valence-electron chi connectivity index (χ0n) is 17.1. The van der Waals surface area contributed by atoms with Gasteiger partial charge < -0.3 is 24.8 Å². The van der Waals surface area contributed by atoms with Crippen molar-refractivity contribution in [1.29, 1.82) is 0 Å². The van der Waals surface area contributed by atoms with Gasteiger partial charge in [0.05, 0.1) is 0 Å². The van der Waals surface area contributed by atoms with Crippen LogP contribution in [-0.2, 0) is 23.1 Å². The van der Waals surface area contributed by atoms with Crippen LogP contribution in [0.4, 0.5) is 0 Å². The molecule has 27 heavy (non-hydrogen) atoms. The van der Waals surface area contributed by atoms with Crippen molar-refractivity contribution in [3.05, 3.63) is 11.6 Å². The van der Waals surface area contributed by atoms with Crippen LogP contribution in [0.2, 0.25) is 0 Å². The van der Waals surface area contributed by atoms with Crippen LogP contribution in [-0.4, -0.2) is 71.4 Å². The summed E-state index contributed by atoms with van der Waals surface area (Å²) in [6, 6.07) is 0. The molecule has 0 radical (unpaired) electrons. The molecule has 0 saturated heterocycles. The molecular formula is C17H34IN7O2. The molecule has 156 valence electrons. The summed E-state index contributed by atoms with van der Waals surface area (Å²) in [5.74, 6) is 2.45. The largest absolute Gasteiger partial charge is 0.385 e. The lowest BCUT2D eigenvalue weighted by Gasteiger charge is -2.19. The van der Waals surface area contributed by atoms with Gasteiger partial charge in [0, 0.05) is 53.4 Å². The lowest BCUT2D eigenvalue weighted by Crippen LogP contribution is -2.40. The Bertz CT molecular complexity index is 574. The number of carbonyl (C=O) groups excluding carboxylic acids is 1. The van der Waals surface area contributed by atoms with Gasteiger partial charge in [-0.25, -0.2) is 4.99 Å². The Hall–Kier alpha value is -1.43. The van der Waals surface area contributed by atoms with Crippen molar-refractivity contribution in [2.75, 3.05) is 39.9 Å². The van der Waals surface area contributed by atoms with Crippen LogP contribution in [0, 0.1) is 6.92 Å². The lowest BCUT2D eigenvalue weighted by atomic mass is 10.3. The number of guanidine groups is 1. The first-order chi connectivity index (χ1) is 12.5. The van der Waals surface area contributed by atoms with E-state index in [9.17, 15) is 4.79 Å². The molecule has 1 aromatic heterocycles. The first kappa shape index (κ1) is 25.6. The highest BCUT2D eigenvalue weighted by atomic mass is 127. The SMILES string of the molecule is CCN(CC)C(=O)CCNC(=NCc1nnc(C)n1C)NCCCOC.I. The van der Waals surface area contributed by atoms with Crippen molar-refractivity contribution >= 4 is 35.8 Å². The third-order valence-corrected chi connectivity index (χ3v) is 4.13. The second kappa shape index (κ2) is 14.6. The quantitative estimate of drug-likeness (QED) is 0.206. The topological polar surface area (TPSA) is 96.7 Å². The van der Waals surface area contributed by atoms with E-state index < -0.39 is 0 Å². The fourth-order valence-electron chi connectivity index (χ4n) is 2.36. The Labute approximate surface area is 179 Å². The van der Waals surface area contributed by atoms with Crippen molar-refractivity contribution in [1.82, 2.24) is 30.3 Å². The number of nitrogens with one attached hydrogen (secondary N) is 2. The first-order valence-electron chi connectivity index (χ1n) is 9.17. The van der Waals surface area contributed by atoms with Crippen LogP contribution in [0.15, 0.2) is 4.99 Å². The third kappa shape index (κ3) is 9.36. The van der Waals surface area contributed by atoms with Crippen molar-refractivity contribution in [3.63, 3.8) is 0 Å². The van der Waals surface area contributed by atoms with Gasteiger partial charge in [-0.2, -0.15) is 0 Å². The molecule has 1 aromatic rings. The number of aromatic nitrogens is 3. The summed E-state index contributed by atoms with van der Waals surface area (Å²) in [4.78, 5) is 18.5. The van der Waals surface area contributed by atoms with E-state index in [1.165, 1.54) is 0 Å². The summed E-state index contributed by atoms with van der Waals surface area (Å²) in [6.07, 6.45) is 1.31. The molecule has 1 amide bonds. The van der Waals surface area contributed by atoms with E-state index in [0.29, 0.717) is 32.1 Å². The Morgan fingerprint density at radius 1 is 1.22 bits per heavy atom. The first-order valence-corrected chi connectivity index (χ1v) is 9.17. The van der Waals surface area contributed by atoms with Gasteiger partial charge in [-0.1, -0.05) is 0 Å². The van der Waals surface area contributed by atoms with Gasteiger partial charge in [0.15, 0.2) is 11.8 Å². The maximum absolute atomic E-state index is 12.1. The maximum Gasteiger partial charge on any atom is 0.224 e. The molecule has 1 heterocycles. The summed E-state index contributed by atoms with van der Waals surface area (Å²) in [7, 11) is 3.60. The van der Waals surface area contributed by atoms with Crippen LogP contribution in [0.3, 0.4) is 0 Å². The zero-order chi connectivity index (χ0) is 19.4. The van der Waals surface area contributed by atoms with E-state index in [-0.39, 0.29) is 29.9 Å². The van der Waals surface area contributed by atoms with Crippen molar-refractivity contribution < 1.29 is 9.53 Å². The number of hydrogen-bond donors (Lipinski definition) is 2. The van der Waals surface area contributed by atoms with Gasteiger partial charge >= 0.3 is 0 Å². The summed E-state index contributed by atoms with van der Waals surface area (Å²) >= 11 is 0. The number of hydrogen-bond acceptors (Lipinski definition) is 5. The van der Waals surface area contributed by atoms with Gasteiger partial charge in [-0.05, 0) is 27.2 Å². The normalized spacial score (nSPS) is 11.1. The Kier molecular flexibility index (Phi) is 13.8. The van der Waals surface area contributed by atoms with E-state index >= 15 is 0 Å². The molecule has 2 N–H and O–H groups in total. The van der Waals surface area contributed by atoms with Crippen LogP contribution in [0.1, 0.15) is 38.3 Å². The van der Waals surface area contributed by atoms with E-state index in [2.05, 4.69) is 25.8 Å². The van der Waals surface area contributed by atoms with Crippen molar-refractivity contribution in [2.45, 2.75) is 40.2 Å². The minimum Gasteiger partial charge on any atom is -0.385 e. The number of methoxy groups -OCH3 is 1. The van der Waals surface area contributed by atoms with Crippen molar-refractivity contribution in [2.24, 2.45) is 12.0 Å². The molecule has 0 bridgehead atoms. The molecule has 0 atom stereocenters.